The van der Waals surface area contributed by atoms with Crippen molar-refractivity contribution in [2.24, 2.45) is 5.92 Å². The van der Waals surface area contributed by atoms with Gasteiger partial charge in [0.05, 0.1) is 46.8 Å². The largest absolute Gasteiger partial charge is 0.764 e. The number of rotatable bonds is 17. The monoisotopic (exact) mass is 486 g/mol. The highest BCUT2D eigenvalue weighted by atomic mass is 33.1. The van der Waals surface area contributed by atoms with E-state index >= 15 is 0 Å². The number of ether oxygens (including phenoxy) is 4. The quantitative estimate of drug-likeness (QED) is 0.128. The molecule has 1 rings (SSSR count). The molecule has 0 bridgehead atoms. The summed E-state index contributed by atoms with van der Waals surface area (Å²) < 4.78 is 41.5. The Kier molecular flexibility index (Phi) is 15.9. The average Bonchev–Trinajstić information content (AvgIpc) is 3.22. The van der Waals surface area contributed by atoms with Crippen LogP contribution in [0.25, 0.3) is 0 Å². The summed E-state index contributed by atoms with van der Waals surface area (Å²) in [6.45, 7) is 5.25. The van der Waals surface area contributed by atoms with Crippen LogP contribution in [0.3, 0.4) is 0 Å². The van der Waals surface area contributed by atoms with Crippen molar-refractivity contribution in [3.63, 3.8) is 0 Å². The first-order chi connectivity index (χ1) is 14.5. The molecule has 1 heterocycles. The molecule has 30 heavy (non-hydrogen) atoms. The van der Waals surface area contributed by atoms with Crippen molar-refractivity contribution >= 4 is 44.5 Å². The van der Waals surface area contributed by atoms with E-state index in [4.69, 9.17) is 18.9 Å². The van der Waals surface area contributed by atoms with E-state index in [1.807, 2.05) is 6.92 Å². The van der Waals surface area contributed by atoms with E-state index in [2.05, 4.69) is 0 Å². The van der Waals surface area contributed by atoms with Gasteiger partial charge in [0.15, 0.2) is 0 Å². The molecule has 1 saturated heterocycles. The lowest BCUT2D eigenvalue weighted by Gasteiger charge is -2.25. The normalized spacial score (nSPS) is 18.4. The van der Waals surface area contributed by atoms with E-state index in [-0.39, 0.29) is 17.8 Å². The molecule has 0 radical (unpaired) electrons. The van der Waals surface area contributed by atoms with Gasteiger partial charge in [-0.3, -0.25) is 9.00 Å². The fourth-order valence-electron chi connectivity index (χ4n) is 2.85. The Labute approximate surface area is 188 Å². The van der Waals surface area contributed by atoms with Crippen LogP contribution >= 0.6 is 22.6 Å². The number of esters is 1. The number of carbonyl (C=O) groups excluding carboxylic acids is 2. The second-order valence-corrected chi connectivity index (χ2v) is 10.3. The Morgan fingerprint density at radius 3 is 2.30 bits per heavy atom. The van der Waals surface area contributed by atoms with Crippen LogP contribution in [-0.4, -0.2) is 102 Å². The van der Waals surface area contributed by atoms with Gasteiger partial charge < -0.3 is 28.4 Å². The van der Waals surface area contributed by atoms with Crippen LogP contribution in [0, 0.1) is 5.92 Å². The summed E-state index contributed by atoms with van der Waals surface area (Å²) >= 11 is 1.65. The Morgan fingerprint density at radius 2 is 1.70 bits per heavy atom. The van der Waals surface area contributed by atoms with Crippen molar-refractivity contribution in [2.75, 3.05) is 70.6 Å². The van der Waals surface area contributed by atoms with Crippen LogP contribution in [-0.2, 0) is 38.6 Å². The summed E-state index contributed by atoms with van der Waals surface area (Å²) in [5.74, 6) is 1.38. The lowest BCUT2D eigenvalue weighted by Crippen LogP contribution is -2.44. The maximum absolute atomic E-state index is 12.6. The van der Waals surface area contributed by atoms with Crippen LogP contribution in [0.4, 0.5) is 0 Å². The number of nitrogens with zero attached hydrogens (tertiary/aromatic N) is 1. The molecule has 0 N–H and O–H groups in total. The van der Waals surface area contributed by atoms with E-state index < -0.39 is 16.2 Å². The summed E-state index contributed by atoms with van der Waals surface area (Å²) in [4.78, 5) is 26.0. The lowest BCUT2D eigenvalue weighted by molar-refractivity contribution is -0.151. The fraction of sp³-hybridized carbons (Fsp3) is 0.889. The zero-order chi connectivity index (χ0) is 22.2. The Balaban J connectivity index is 1.95. The van der Waals surface area contributed by atoms with Gasteiger partial charge in [-0.2, -0.15) is 11.8 Å². The molecule has 0 aromatic heterocycles. The van der Waals surface area contributed by atoms with Gasteiger partial charge >= 0.3 is 5.97 Å². The maximum Gasteiger partial charge on any atom is 0.328 e. The van der Waals surface area contributed by atoms with Crippen molar-refractivity contribution in [3.8, 4) is 0 Å². The minimum Gasteiger partial charge on any atom is -0.764 e. The van der Waals surface area contributed by atoms with E-state index in [1.54, 1.807) is 16.7 Å². The molecule has 176 valence electrons. The molecule has 1 fully saturated rings. The molecule has 0 saturated carbocycles. The van der Waals surface area contributed by atoms with Crippen molar-refractivity contribution in [2.45, 2.75) is 25.8 Å². The zero-order valence-electron chi connectivity index (χ0n) is 17.6. The highest BCUT2D eigenvalue weighted by Crippen LogP contribution is 2.22. The van der Waals surface area contributed by atoms with Crippen LogP contribution in [0.5, 0.6) is 0 Å². The number of hydrogen-bond donors (Lipinski definition) is 0. The van der Waals surface area contributed by atoms with Crippen molar-refractivity contribution in [1.29, 1.82) is 0 Å². The highest BCUT2D eigenvalue weighted by molar-refractivity contribution is 8.67. The second-order valence-electron chi connectivity index (χ2n) is 6.55. The van der Waals surface area contributed by atoms with Crippen molar-refractivity contribution < 1.29 is 37.3 Å². The second kappa shape index (κ2) is 17.2. The molecular formula is C18H32NO8S3-. The average molecular weight is 487 g/mol. The summed E-state index contributed by atoms with van der Waals surface area (Å²) in [6.07, 6.45) is 1.50. The molecule has 3 atom stereocenters. The molecule has 1 aliphatic heterocycles. The minimum absolute atomic E-state index is 0.00631. The predicted molar refractivity (Wildman–Crippen MR) is 117 cm³/mol. The third-order valence-electron chi connectivity index (χ3n) is 4.32. The number of hydrogen-bond acceptors (Lipinski definition) is 10. The lowest BCUT2D eigenvalue weighted by atomic mass is 10.1. The molecular weight excluding hydrogens is 454 g/mol. The Hall–Kier alpha value is -0.370. The van der Waals surface area contributed by atoms with Gasteiger partial charge in [0.1, 0.15) is 6.04 Å². The van der Waals surface area contributed by atoms with Crippen LogP contribution < -0.4 is 0 Å². The highest BCUT2D eigenvalue weighted by Gasteiger charge is 2.36. The minimum atomic E-state index is -2.09. The molecule has 1 unspecified atom stereocenters. The number of amides is 1. The smallest absolute Gasteiger partial charge is 0.328 e. The Bertz CT molecular complexity index is 526. The zero-order valence-corrected chi connectivity index (χ0v) is 20.0. The first-order valence-corrected chi connectivity index (χ1v) is 13.6. The number of likely N-dealkylation sites (tertiary alicyclic amines) is 1. The molecule has 0 aliphatic carbocycles. The van der Waals surface area contributed by atoms with Crippen LogP contribution in [0.15, 0.2) is 0 Å². The first-order valence-electron chi connectivity index (χ1n) is 9.89. The summed E-state index contributed by atoms with van der Waals surface area (Å²) in [7, 11) is 0.0763. The van der Waals surface area contributed by atoms with Crippen LogP contribution in [0.1, 0.15) is 19.8 Å². The topological polar surface area (TPSA) is 114 Å². The van der Waals surface area contributed by atoms with Gasteiger partial charge in [0.2, 0.25) is 5.91 Å². The van der Waals surface area contributed by atoms with Gasteiger partial charge in [-0.1, -0.05) is 17.7 Å². The van der Waals surface area contributed by atoms with Gasteiger partial charge in [0, 0.05) is 39.8 Å². The van der Waals surface area contributed by atoms with Crippen LogP contribution in [0.2, 0.25) is 0 Å². The molecule has 0 spiro atoms. The predicted octanol–water partition coefficient (Wildman–Crippen LogP) is 1.10. The van der Waals surface area contributed by atoms with Gasteiger partial charge in [0.25, 0.3) is 0 Å². The van der Waals surface area contributed by atoms with E-state index in [0.717, 1.165) is 23.0 Å². The first kappa shape index (κ1) is 27.7. The van der Waals surface area contributed by atoms with Crippen molar-refractivity contribution in [3.05, 3.63) is 0 Å². The molecule has 1 aliphatic rings. The Morgan fingerprint density at radius 1 is 1.10 bits per heavy atom. The molecule has 1 amide bonds. The van der Waals surface area contributed by atoms with E-state index in [0.29, 0.717) is 64.1 Å². The number of methoxy groups -OCH3 is 1. The maximum atomic E-state index is 12.6. The summed E-state index contributed by atoms with van der Waals surface area (Å²) in [6, 6.07) is -0.439. The number of carbonyl (C=O) groups is 2. The molecule has 0 aromatic rings. The summed E-state index contributed by atoms with van der Waals surface area (Å²) in [5, 5.41) is 0. The SMILES string of the molecule is COC(=O)[C@@H]1CCCN1C(=O)[C@H](C)CSCCOCCOCCOCCSS(=O)[O-]. The van der Waals surface area contributed by atoms with Gasteiger partial charge in [-0.25, -0.2) is 4.79 Å². The summed E-state index contributed by atoms with van der Waals surface area (Å²) in [5.41, 5.74) is 0. The molecule has 12 heteroatoms. The van der Waals surface area contributed by atoms with Crippen molar-refractivity contribution in [1.82, 2.24) is 4.90 Å². The number of thioether (sulfide) groups is 1. The third-order valence-corrected chi connectivity index (χ3v) is 7.12. The van der Waals surface area contributed by atoms with E-state index in [9.17, 15) is 18.4 Å². The van der Waals surface area contributed by atoms with E-state index in [1.165, 1.54) is 7.11 Å². The molecule has 0 aromatic carbocycles. The van der Waals surface area contributed by atoms with Gasteiger partial charge in [-0.15, -0.1) is 0 Å². The van der Waals surface area contributed by atoms with Gasteiger partial charge in [-0.05, 0) is 12.8 Å². The molecule has 9 nitrogen and oxygen atoms in total. The fourth-order valence-corrected chi connectivity index (χ4v) is 4.68. The standard InChI is InChI=1S/C18H33NO8S3/c1-15(17(20)19-5-3-4-16(19)18(21)24-2)14-28-12-10-26-8-6-25-7-9-27-11-13-29-30(22)23/h15-16H,3-14H2,1-2H3,(H,22,23)/p-1/t15-,16+/m1/s1. The third kappa shape index (κ3) is 11.9.